The van der Waals surface area contributed by atoms with Crippen LogP contribution in [0.2, 0.25) is 0 Å². The van der Waals surface area contributed by atoms with E-state index in [1.54, 1.807) is 11.8 Å². The molecule has 0 N–H and O–H groups in total. The van der Waals surface area contributed by atoms with Crippen molar-refractivity contribution in [3.05, 3.63) is 65.2 Å². The summed E-state index contributed by atoms with van der Waals surface area (Å²) in [5.74, 6) is 1.09. The molecule has 0 radical (unpaired) electrons. The van der Waals surface area contributed by atoms with Crippen LogP contribution >= 0.6 is 11.8 Å². The molecule has 1 atom stereocenters. The van der Waals surface area contributed by atoms with E-state index in [1.165, 1.54) is 5.56 Å². The van der Waals surface area contributed by atoms with Crippen molar-refractivity contribution in [1.82, 2.24) is 4.90 Å². The van der Waals surface area contributed by atoms with Crippen molar-refractivity contribution in [3.63, 3.8) is 0 Å². The average Bonchev–Trinajstić information content (AvgIpc) is 3.47. The lowest BCUT2D eigenvalue weighted by molar-refractivity contribution is -0.143. The van der Waals surface area contributed by atoms with Crippen molar-refractivity contribution in [2.24, 2.45) is 5.92 Å². The lowest BCUT2D eigenvalue weighted by atomic mass is 10.0. The Labute approximate surface area is 176 Å². The molecule has 1 saturated heterocycles. The van der Waals surface area contributed by atoms with Gasteiger partial charge in [-0.2, -0.15) is 0 Å². The molecule has 0 aromatic heterocycles. The fraction of sp³-hybridized carbons (Fsp3) is 0.417. The molecule has 3 aliphatic rings. The van der Waals surface area contributed by atoms with Gasteiger partial charge in [-0.15, -0.1) is 11.8 Å². The number of aryl methyl sites for hydroxylation is 1. The monoisotopic (exact) mass is 406 g/mol. The minimum atomic E-state index is -0.888. The summed E-state index contributed by atoms with van der Waals surface area (Å²) < 4.78 is 0. The third-order valence-electron chi connectivity index (χ3n) is 6.53. The van der Waals surface area contributed by atoms with E-state index in [9.17, 15) is 9.59 Å². The first-order valence-electron chi connectivity index (χ1n) is 10.5. The van der Waals surface area contributed by atoms with Crippen LogP contribution in [-0.4, -0.2) is 29.0 Å². The van der Waals surface area contributed by atoms with Crippen LogP contribution in [0.4, 0.5) is 5.69 Å². The van der Waals surface area contributed by atoms with Gasteiger partial charge in [-0.25, -0.2) is 0 Å². The largest absolute Gasteiger partial charge is 0.315 e. The van der Waals surface area contributed by atoms with Crippen molar-refractivity contribution >= 4 is 29.3 Å². The van der Waals surface area contributed by atoms with E-state index >= 15 is 0 Å². The predicted octanol–water partition coefficient (Wildman–Crippen LogP) is 4.46. The maximum Gasteiger partial charge on any atom is 0.268 e. The molecule has 150 valence electrons. The first-order valence-corrected chi connectivity index (χ1v) is 11.5. The highest BCUT2D eigenvalue weighted by Crippen LogP contribution is 2.55. The van der Waals surface area contributed by atoms with Gasteiger partial charge in [0.15, 0.2) is 4.87 Å². The van der Waals surface area contributed by atoms with Crippen LogP contribution in [-0.2, 0) is 21.0 Å². The highest BCUT2D eigenvalue weighted by molar-refractivity contribution is 8.01. The van der Waals surface area contributed by atoms with Crippen molar-refractivity contribution in [1.29, 1.82) is 0 Å². The summed E-state index contributed by atoms with van der Waals surface area (Å²) in [5.41, 5.74) is 4.23. The van der Waals surface area contributed by atoms with Gasteiger partial charge in [-0.3, -0.25) is 9.59 Å². The topological polar surface area (TPSA) is 40.6 Å². The number of carbonyl (C=O) groups excluding carboxylic acids is 2. The summed E-state index contributed by atoms with van der Waals surface area (Å²) in [7, 11) is 0. The number of thioether (sulfide) groups is 1. The number of rotatable bonds is 3. The molecular weight excluding hydrogens is 380 g/mol. The Kier molecular flexibility index (Phi) is 4.66. The number of carbonyl (C=O) groups is 2. The lowest BCUT2D eigenvalue weighted by Gasteiger charge is -2.34. The molecule has 5 heteroatoms. The number of hydrogen-bond donors (Lipinski definition) is 0. The van der Waals surface area contributed by atoms with Gasteiger partial charge < -0.3 is 9.80 Å². The molecule has 2 amide bonds. The Morgan fingerprint density at radius 1 is 1.10 bits per heavy atom. The molecule has 2 aliphatic heterocycles. The van der Waals surface area contributed by atoms with Gasteiger partial charge in [0.25, 0.3) is 5.91 Å². The maximum atomic E-state index is 13.9. The fourth-order valence-corrected chi connectivity index (χ4v) is 6.48. The van der Waals surface area contributed by atoms with Gasteiger partial charge in [-0.05, 0) is 31.4 Å². The molecule has 1 spiro atoms. The summed E-state index contributed by atoms with van der Waals surface area (Å²) in [4.78, 5) is 30.2. The Morgan fingerprint density at radius 2 is 1.83 bits per heavy atom. The minimum Gasteiger partial charge on any atom is -0.315 e. The van der Waals surface area contributed by atoms with Crippen molar-refractivity contribution in [3.8, 4) is 0 Å². The summed E-state index contributed by atoms with van der Waals surface area (Å²) in [6, 6.07) is 16.4. The van der Waals surface area contributed by atoms with E-state index in [1.807, 2.05) is 34.1 Å². The molecule has 2 aromatic rings. The van der Waals surface area contributed by atoms with Gasteiger partial charge in [0.05, 0.1) is 12.2 Å². The second-order valence-electron chi connectivity index (χ2n) is 8.36. The molecule has 2 aromatic carbocycles. The van der Waals surface area contributed by atoms with Crippen molar-refractivity contribution < 1.29 is 9.59 Å². The summed E-state index contributed by atoms with van der Waals surface area (Å²) in [5, 5.41) is 0. The molecule has 4 nitrogen and oxygen atoms in total. The van der Waals surface area contributed by atoms with Gasteiger partial charge in [-0.1, -0.05) is 60.9 Å². The van der Waals surface area contributed by atoms with Crippen molar-refractivity contribution in [2.45, 2.75) is 44.0 Å². The standard InChI is InChI=1S/C24H26N2O2S/c1-17-10-12-18(13-11-17)16-25-21-9-5-4-8-20(21)24(23(25)28)26(14-15-29-24)22(27)19-6-2-3-7-19/h4-5,8-13,19H,2-3,6-7,14-16H2,1H3. The van der Waals surface area contributed by atoms with Gasteiger partial charge in [0.2, 0.25) is 5.91 Å². The highest BCUT2D eigenvalue weighted by Gasteiger charge is 2.59. The quantitative estimate of drug-likeness (QED) is 0.756. The van der Waals surface area contributed by atoms with Gasteiger partial charge in [0, 0.05) is 23.8 Å². The summed E-state index contributed by atoms with van der Waals surface area (Å²) in [6.07, 6.45) is 4.15. The number of benzene rings is 2. The molecular formula is C24H26N2O2S. The van der Waals surface area contributed by atoms with E-state index in [4.69, 9.17) is 0 Å². The van der Waals surface area contributed by atoms with E-state index in [2.05, 4.69) is 31.2 Å². The lowest BCUT2D eigenvalue weighted by Crippen LogP contribution is -2.51. The number of hydrogen-bond acceptors (Lipinski definition) is 3. The summed E-state index contributed by atoms with van der Waals surface area (Å²) >= 11 is 1.63. The number of fused-ring (bicyclic) bond motifs is 2. The van der Waals surface area contributed by atoms with Gasteiger partial charge >= 0.3 is 0 Å². The van der Waals surface area contributed by atoms with Crippen LogP contribution in [0.25, 0.3) is 0 Å². The highest BCUT2D eigenvalue weighted by atomic mass is 32.2. The smallest absolute Gasteiger partial charge is 0.268 e. The average molecular weight is 407 g/mol. The van der Waals surface area contributed by atoms with Crippen molar-refractivity contribution in [2.75, 3.05) is 17.2 Å². The number of amides is 2. The SMILES string of the molecule is Cc1ccc(CN2C(=O)C3(SCCN3C(=O)C3CCCC3)c3ccccc32)cc1. The van der Waals surface area contributed by atoms with Crippen LogP contribution in [0, 0.1) is 12.8 Å². The Bertz CT molecular complexity index is 952. The van der Waals surface area contributed by atoms with E-state index in [0.29, 0.717) is 13.1 Å². The Balaban J connectivity index is 1.54. The van der Waals surface area contributed by atoms with Crippen LogP contribution in [0.15, 0.2) is 48.5 Å². The van der Waals surface area contributed by atoms with E-state index in [-0.39, 0.29) is 17.7 Å². The third-order valence-corrected chi connectivity index (χ3v) is 7.95. The van der Waals surface area contributed by atoms with E-state index in [0.717, 1.165) is 48.3 Å². The zero-order valence-corrected chi connectivity index (χ0v) is 17.6. The molecule has 5 rings (SSSR count). The van der Waals surface area contributed by atoms with Crippen LogP contribution in [0.3, 0.4) is 0 Å². The molecule has 2 fully saturated rings. The number of anilines is 1. The van der Waals surface area contributed by atoms with E-state index < -0.39 is 4.87 Å². The second-order valence-corrected chi connectivity index (χ2v) is 9.65. The van der Waals surface area contributed by atoms with Crippen LogP contribution in [0.1, 0.15) is 42.4 Å². The first-order chi connectivity index (χ1) is 14.1. The normalized spacial score (nSPS) is 24.0. The fourth-order valence-electron chi connectivity index (χ4n) is 5.01. The maximum absolute atomic E-state index is 13.9. The number of para-hydroxylation sites is 1. The molecule has 2 heterocycles. The Hall–Kier alpha value is -2.27. The zero-order valence-electron chi connectivity index (χ0n) is 16.8. The third kappa shape index (κ3) is 2.90. The van der Waals surface area contributed by atoms with Gasteiger partial charge in [0.1, 0.15) is 0 Å². The first kappa shape index (κ1) is 18.7. The molecule has 29 heavy (non-hydrogen) atoms. The molecule has 1 unspecified atom stereocenters. The van der Waals surface area contributed by atoms with Crippen LogP contribution in [0.5, 0.6) is 0 Å². The number of nitrogens with zero attached hydrogens (tertiary/aromatic N) is 2. The predicted molar refractivity (Wildman–Crippen MR) is 117 cm³/mol. The molecule has 1 saturated carbocycles. The Morgan fingerprint density at radius 3 is 2.59 bits per heavy atom. The minimum absolute atomic E-state index is 0.0353. The molecule has 1 aliphatic carbocycles. The summed E-state index contributed by atoms with van der Waals surface area (Å²) in [6.45, 7) is 3.25. The van der Waals surface area contributed by atoms with Crippen LogP contribution < -0.4 is 4.90 Å². The zero-order chi connectivity index (χ0) is 20.0. The molecule has 0 bridgehead atoms. The second kappa shape index (κ2) is 7.21.